The largest absolute Gasteiger partial charge is 0.496 e. The Hall–Kier alpha value is -7.84. The molecule has 0 saturated carbocycles. The molecule has 316 valence electrons. The number of carbonyl (C=O) groups is 2. The van der Waals surface area contributed by atoms with Gasteiger partial charge < -0.3 is 24.8 Å². The molecular weight excluding hydrogens is 812 g/mol. The minimum Gasteiger partial charge on any atom is -0.496 e. The smallest absolute Gasteiger partial charge is 0.352 e. The zero-order valence-electron chi connectivity index (χ0n) is 32.4. The Balaban J connectivity index is 1.17. The maximum atomic E-state index is 15.0. The summed E-state index contributed by atoms with van der Waals surface area (Å²) in [7, 11) is 3.45. The first-order valence-electron chi connectivity index (χ1n) is 18.0. The minimum atomic E-state index is -1.27. The van der Waals surface area contributed by atoms with Crippen LogP contribution < -0.4 is 47.3 Å². The molecule has 4 aromatic carbocycles. The van der Waals surface area contributed by atoms with E-state index in [4.69, 9.17) is 14.2 Å². The number of nitrogens with zero attached hydrogens (tertiary/aromatic N) is 6. The molecule has 0 saturated heterocycles. The van der Waals surface area contributed by atoms with Crippen molar-refractivity contribution in [3.05, 3.63) is 155 Å². The van der Waals surface area contributed by atoms with Crippen LogP contribution in [0.25, 0.3) is 11.4 Å². The van der Waals surface area contributed by atoms with E-state index in [-0.39, 0.29) is 29.2 Å². The molecule has 2 heterocycles. The van der Waals surface area contributed by atoms with E-state index in [1.54, 1.807) is 0 Å². The third-order valence-corrected chi connectivity index (χ3v) is 9.08. The van der Waals surface area contributed by atoms with E-state index < -0.39 is 100 Å². The van der Waals surface area contributed by atoms with Gasteiger partial charge in [-0.25, -0.2) is 31.7 Å². The van der Waals surface area contributed by atoms with Crippen molar-refractivity contribution in [2.45, 2.75) is 32.4 Å². The molecule has 0 aliphatic carbocycles. The highest BCUT2D eigenvalue weighted by Gasteiger charge is 2.21. The fourth-order valence-corrected chi connectivity index (χ4v) is 5.99. The number of aryl methyl sites for hydroxylation is 1. The quantitative estimate of drug-likeness (QED) is 0.144. The van der Waals surface area contributed by atoms with E-state index in [0.29, 0.717) is 15.7 Å². The molecule has 2 amide bonds. The molecule has 0 unspecified atom stereocenters. The fourth-order valence-electron chi connectivity index (χ4n) is 5.99. The van der Waals surface area contributed by atoms with Gasteiger partial charge in [0.2, 0.25) is 11.8 Å². The van der Waals surface area contributed by atoms with Crippen molar-refractivity contribution in [1.29, 1.82) is 0 Å². The maximum absolute atomic E-state index is 15.0. The molecule has 17 nitrogen and oxygen atoms in total. The highest BCUT2D eigenvalue weighted by Crippen LogP contribution is 2.24. The van der Waals surface area contributed by atoms with Gasteiger partial charge in [0.1, 0.15) is 17.4 Å². The molecule has 0 aliphatic heterocycles. The van der Waals surface area contributed by atoms with Gasteiger partial charge in [0, 0.05) is 31.0 Å². The van der Waals surface area contributed by atoms with Gasteiger partial charge in [0.25, 0.3) is 11.8 Å². The van der Waals surface area contributed by atoms with E-state index in [1.165, 1.54) is 20.3 Å². The lowest BCUT2D eigenvalue weighted by atomic mass is 10.1. The Bertz CT molecular complexity index is 2900. The SMILES string of the molecule is COc1cc(F)c(F)cc1Cn1c(=O)c(OC)nn(-c2ccc(F)c(NC(=O)CCC(=O)Nc3cc(-n4nc(OC)c(=O)n(CCc5ccccc5)c4=O)ccc3F)c2)c1=O. The van der Waals surface area contributed by atoms with Crippen molar-refractivity contribution in [2.24, 2.45) is 0 Å². The van der Waals surface area contributed by atoms with Crippen molar-refractivity contribution in [3.63, 3.8) is 0 Å². The van der Waals surface area contributed by atoms with Crippen LogP contribution >= 0.6 is 0 Å². The second kappa shape index (κ2) is 18.4. The molecule has 2 N–H and O–H groups in total. The number of halogens is 4. The summed E-state index contributed by atoms with van der Waals surface area (Å²) in [5.41, 5.74) is -4.09. The Morgan fingerprint density at radius 3 is 1.61 bits per heavy atom. The number of amides is 2. The number of ether oxygens (including phenoxy) is 3. The number of methoxy groups -OCH3 is 3. The third-order valence-electron chi connectivity index (χ3n) is 9.08. The lowest BCUT2D eigenvalue weighted by Crippen LogP contribution is -2.41. The van der Waals surface area contributed by atoms with Crippen molar-refractivity contribution in [3.8, 4) is 28.9 Å². The fraction of sp³-hybridized carbons (Fsp3) is 0.200. The van der Waals surface area contributed by atoms with E-state index in [2.05, 4.69) is 20.8 Å². The molecule has 6 aromatic rings. The average Bonchev–Trinajstić information content (AvgIpc) is 3.25. The number of carbonyl (C=O) groups excluding carboxylic acids is 2. The summed E-state index contributed by atoms with van der Waals surface area (Å²) in [6, 6.07) is 16.8. The van der Waals surface area contributed by atoms with Crippen molar-refractivity contribution >= 4 is 23.2 Å². The molecule has 0 radical (unpaired) electrons. The second-order valence-electron chi connectivity index (χ2n) is 13.0. The monoisotopic (exact) mass is 846 g/mol. The molecule has 2 aromatic heterocycles. The van der Waals surface area contributed by atoms with Crippen LogP contribution in [0.4, 0.5) is 28.9 Å². The molecular formula is C40H34F4N8O9. The van der Waals surface area contributed by atoms with Gasteiger partial charge in [-0.15, -0.1) is 10.2 Å². The number of benzene rings is 4. The summed E-state index contributed by atoms with van der Waals surface area (Å²) in [5, 5.41) is 12.4. The van der Waals surface area contributed by atoms with Gasteiger partial charge in [-0.2, -0.15) is 9.36 Å². The predicted molar refractivity (Wildman–Crippen MR) is 210 cm³/mol. The molecule has 0 aliphatic rings. The Morgan fingerprint density at radius 1 is 0.607 bits per heavy atom. The highest BCUT2D eigenvalue weighted by molar-refractivity contribution is 5.97. The highest BCUT2D eigenvalue weighted by atomic mass is 19.2. The van der Waals surface area contributed by atoms with Crippen LogP contribution in [-0.4, -0.2) is 61.8 Å². The topological polar surface area (TPSA) is 200 Å². The van der Waals surface area contributed by atoms with Crippen LogP contribution in [0.15, 0.2) is 98.0 Å². The molecule has 6 rings (SSSR count). The Labute approximate surface area is 341 Å². The van der Waals surface area contributed by atoms with Gasteiger partial charge in [0.05, 0.1) is 50.6 Å². The van der Waals surface area contributed by atoms with E-state index in [1.807, 2.05) is 30.3 Å². The van der Waals surface area contributed by atoms with Gasteiger partial charge >= 0.3 is 22.5 Å². The zero-order valence-corrected chi connectivity index (χ0v) is 32.4. The van der Waals surface area contributed by atoms with Crippen LogP contribution in [-0.2, 0) is 29.1 Å². The average molecular weight is 847 g/mol. The first kappa shape index (κ1) is 42.8. The van der Waals surface area contributed by atoms with Crippen molar-refractivity contribution < 1.29 is 41.4 Å². The number of hydrogen-bond acceptors (Lipinski definition) is 11. The van der Waals surface area contributed by atoms with Crippen molar-refractivity contribution in [1.82, 2.24) is 28.7 Å². The van der Waals surface area contributed by atoms with E-state index in [0.717, 1.165) is 64.4 Å². The number of anilines is 2. The first-order chi connectivity index (χ1) is 29.2. The van der Waals surface area contributed by atoms with Crippen LogP contribution in [0.1, 0.15) is 24.0 Å². The Kier molecular flexibility index (Phi) is 12.9. The normalized spacial score (nSPS) is 10.9. The van der Waals surface area contributed by atoms with Gasteiger partial charge in [-0.05, 0) is 54.4 Å². The summed E-state index contributed by atoms with van der Waals surface area (Å²) in [4.78, 5) is 78.8. The molecule has 61 heavy (non-hydrogen) atoms. The standard InChI is InChI=1S/C40H34F4N8O9/c1-59-32-20-29(44)28(43)17-23(32)21-50-38(56)36(61-3)48-52(40(50)58)25-10-12-27(42)31(19-25)46-34(54)14-13-33(53)45-30-18-24(9-11-26(30)41)51-39(57)49(37(55)35(47-51)60-2)16-15-22-7-5-4-6-8-22/h4-12,17-20H,13-16,21H2,1-3H3,(H,45,53)(H,46,54). The third kappa shape index (κ3) is 9.40. The molecule has 0 fully saturated rings. The van der Waals surface area contributed by atoms with E-state index in [9.17, 15) is 46.3 Å². The van der Waals surface area contributed by atoms with Crippen LogP contribution in [0.2, 0.25) is 0 Å². The zero-order chi connectivity index (χ0) is 44.0. The number of nitrogens with one attached hydrogen (secondary N) is 2. The molecule has 21 heteroatoms. The molecule has 0 atom stereocenters. The van der Waals surface area contributed by atoms with Crippen molar-refractivity contribution in [2.75, 3.05) is 32.0 Å². The summed E-state index contributed by atoms with van der Waals surface area (Å²) in [6.07, 6.45) is -0.763. The van der Waals surface area contributed by atoms with Crippen LogP contribution in [0, 0.1) is 23.3 Å². The summed E-state index contributed by atoms with van der Waals surface area (Å²) < 4.78 is 76.0. The molecule has 0 bridgehead atoms. The van der Waals surface area contributed by atoms with Crippen LogP contribution in [0.5, 0.6) is 17.5 Å². The lowest BCUT2D eigenvalue weighted by molar-refractivity contribution is -0.121. The van der Waals surface area contributed by atoms with Crippen LogP contribution in [0.3, 0.4) is 0 Å². The lowest BCUT2D eigenvalue weighted by Gasteiger charge is -2.14. The summed E-state index contributed by atoms with van der Waals surface area (Å²) >= 11 is 0. The maximum Gasteiger partial charge on any atom is 0.352 e. The summed E-state index contributed by atoms with van der Waals surface area (Å²) in [6.45, 7) is -0.649. The minimum absolute atomic E-state index is 0.0294. The predicted octanol–water partition coefficient (Wildman–Crippen LogP) is 3.33. The van der Waals surface area contributed by atoms with Gasteiger partial charge in [-0.1, -0.05) is 30.3 Å². The second-order valence-corrected chi connectivity index (χ2v) is 13.0. The molecule has 0 spiro atoms. The number of hydrogen-bond donors (Lipinski definition) is 2. The van der Waals surface area contributed by atoms with Gasteiger partial charge in [-0.3, -0.25) is 23.7 Å². The van der Waals surface area contributed by atoms with Gasteiger partial charge in [0.15, 0.2) is 11.6 Å². The Morgan fingerprint density at radius 2 is 1.10 bits per heavy atom. The first-order valence-corrected chi connectivity index (χ1v) is 18.0. The summed E-state index contributed by atoms with van der Waals surface area (Å²) in [5.74, 6) is -7.30. The number of rotatable bonds is 15. The van der Waals surface area contributed by atoms with E-state index >= 15 is 0 Å². The number of aromatic nitrogens is 6.